The number of carbonyl (C=O) groups is 1. The van der Waals surface area contributed by atoms with Crippen molar-refractivity contribution in [3.05, 3.63) is 17.5 Å². The first-order valence-corrected chi connectivity index (χ1v) is 5.28. The van der Waals surface area contributed by atoms with Crippen LogP contribution in [0.15, 0.2) is 10.6 Å². The predicted octanol–water partition coefficient (Wildman–Crippen LogP) is 1.90. The van der Waals surface area contributed by atoms with Crippen LogP contribution in [0.5, 0.6) is 0 Å². The molecule has 90 valence electrons. The van der Waals surface area contributed by atoms with Crippen LogP contribution in [0.3, 0.4) is 0 Å². The predicted molar refractivity (Wildman–Crippen MR) is 59.2 cm³/mol. The molecule has 0 aliphatic heterocycles. The van der Waals surface area contributed by atoms with Gasteiger partial charge in [0.05, 0.1) is 6.54 Å². The van der Waals surface area contributed by atoms with Gasteiger partial charge in [-0.25, -0.2) is 4.79 Å². The molecule has 0 atom stereocenters. The summed E-state index contributed by atoms with van der Waals surface area (Å²) in [6.07, 6.45) is 1.05. The van der Waals surface area contributed by atoms with Gasteiger partial charge in [-0.2, -0.15) is 0 Å². The summed E-state index contributed by atoms with van der Waals surface area (Å²) in [4.78, 5) is 10.5. The number of nitrogens with one attached hydrogen (secondary N) is 1. The zero-order chi connectivity index (χ0) is 12.2. The third kappa shape index (κ3) is 4.44. The van der Waals surface area contributed by atoms with Crippen LogP contribution in [0, 0.1) is 5.41 Å². The molecule has 0 spiro atoms. The second kappa shape index (κ2) is 5.12. The molecule has 0 saturated heterocycles. The monoisotopic (exact) mass is 226 g/mol. The maximum atomic E-state index is 10.5. The first-order chi connectivity index (χ1) is 7.38. The Morgan fingerprint density at radius 3 is 2.75 bits per heavy atom. The molecule has 0 unspecified atom stereocenters. The Labute approximate surface area is 94.8 Å². The lowest BCUT2D eigenvalue weighted by molar-refractivity contribution is 0.0685. The van der Waals surface area contributed by atoms with Gasteiger partial charge < -0.3 is 14.9 Å². The smallest absolute Gasteiger partial charge is 0.358 e. The van der Waals surface area contributed by atoms with Gasteiger partial charge >= 0.3 is 5.97 Å². The van der Waals surface area contributed by atoms with Crippen molar-refractivity contribution in [3.8, 4) is 0 Å². The number of aromatic carboxylic acids is 1. The second-order valence-electron chi connectivity index (χ2n) is 4.97. The molecule has 0 aliphatic carbocycles. The van der Waals surface area contributed by atoms with E-state index in [1.165, 1.54) is 6.07 Å². The van der Waals surface area contributed by atoms with Gasteiger partial charge in [0.2, 0.25) is 0 Å². The van der Waals surface area contributed by atoms with Crippen LogP contribution in [0.1, 0.15) is 43.4 Å². The molecule has 0 fully saturated rings. The average molecular weight is 226 g/mol. The summed E-state index contributed by atoms with van der Waals surface area (Å²) < 4.78 is 4.86. The summed E-state index contributed by atoms with van der Waals surface area (Å²) in [7, 11) is 0. The first kappa shape index (κ1) is 12.7. The summed E-state index contributed by atoms with van der Waals surface area (Å²) in [5.74, 6) is -0.518. The fourth-order valence-corrected chi connectivity index (χ4v) is 1.17. The number of aromatic nitrogens is 1. The Morgan fingerprint density at radius 1 is 1.56 bits per heavy atom. The summed E-state index contributed by atoms with van der Waals surface area (Å²) in [5.41, 5.74) is 0.244. The molecule has 0 amide bonds. The third-order valence-electron chi connectivity index (χ3n) is 2.13. The van der Waals surface area contributed by atoms with Crippen LogP contribution in [0.2, 0.25) is 0 Å². The lowest BCUT2D eigenvalue weighted by atomic mass is 9.92. The molecule has 5 nitrogen and oxygen atoms in total. The molecule has 0 aliphatic rings. The van der Waals surface area contributed by atoms with E-state index in [1.807, 2.05) is 0 Å². The highest BCUT2D eigenvalue weighted by molar-refractivity contribution is 5.85. The zero-order valence-electron chi connectivity index (χ0n) is 9.91. The topological polar surface area (TPSA) is 75.4 Å². The Bertz CT molecular complexity index is 352. The largest absolute Gasteiger partial charge is 0.476 e. The van der Waals surface area contributed by atoms with Crippen molar-refractivity contribution in [1.82, 2.24) is 10.5 Å². The van der Waals surface area contributed by atoms with Gasteiger partial charge in [-0.1, -0.05) is 25.9 Å². The van der Waals surface area contributed by atoms with Crippen molar-refractivity contribution in [2.45, 2.75) is 33.7 Å². The van der Waals surface area contributed by atoms with Gasteiger partial charge in [-0.3, -0.25) is 0 Å². The fourth-order valence-electron chi connectivity index (χ4n) is 1.17. The highest BCUT2D eigenvalue weighted by atomic mass is 16.5. The molecular weight excluding hydrogens is 208 g/mol. The van der Waals surface area contributed by atoms with E-state index in [2.05, 4.69) is 31.2 Å². The standard InChI is InChI=1S/C11H18N2O3/c1-11(2,3)4-5-12-7-8-6-9(10(14)15)13-16-8/h6,12H,4-5,7H2,1-3H3,(H,14,15). The molecule has 2 N–H and O–H groups in total. The van der Waals surface area contributed by atoms with Crippen LogP contribution in [-0.4, -0.2) is 22.8 Å². The van der Waals surface area contributed by atoms with Crippen LogP contribution in [0.25, 0.3) is 0 Å². The van der Waals surface area contributed by atoms with Crippen molar-refractivity contribution in [2.24, 2.45) is 5.41 Å². The number of nitrogens with zero attached hydrogens (tertiary/aromatic N) is 1. The fraction of sp³-hybridized carbons (Fsp3) is 0.636. The average Bonchev–Trinajstić information content (AvgIpc) is 2.59. The molecule has 1 rings (SSSR count). The van der Waals surface area contributed by atoms with Gasteiger partial charge in [0.15, 0.2) is 11.5 Å². The third-order valence-corrected chi connectivity index (χ3v) is 2.13. The lowest BCUT2D eigenvalue weighted by Crippen LogP contribution is -2.19. The molecule has 1 aromatic rings. The Hall–Kier alpha value is -1.36. The molecule has 1 aromatic heterocycles. The minimum Gasteiger partial charge on any atom is -0.476 e. The van der Waals surface area contributed by atoms with E-state index >= 15 is 0 Å². The molecule has 1 heterocycles. The molecule has 5 heteroatoms. The minimum atomic E-state index is -1.07. The number of carboxylic acids is 1. The molecule has 0 saturated carbocycles. The summed E-state index contributed by atoms with van der Waals surface area (Å²) in [6, 6.07) is 1.44. The quantitative estimate of drug-likeness (QED) is 0.750. The zero-order valence-corrected chi connectivity index (χ0v) is 9.91. The molecular formula is C11H18N2O3. The molecule has 16 heavy (non-hydrogen) atoms. The number of hydrogen-bond acceptors (Lipinski definition) is 4. The lowest BCUT2D eigenvalue weighted by Gasteiger charge is -2.17. The van der Waals surface area contributed by atoms with E-state index in [1.54, 1.807) is 0 Å². The number of hydrogen-bond donors (Lipinski definition) is 2. The number of rotatable bonds is 5. The van der Waals surface area contributed by atoms with E-state index in [9.17, 15) is 4.79 Å². The van der Waals surface area contributed by atoms with Crippen molar-refractivity contribution in [1.29, 1.82) is 0 Å². The highest BCUT2D eigenvalue weighted by Gasteiger charge is 2.11. The van der Waals surface area contributed by atoms with Crippen molar-refractivity contribution in [3.63, 3.8) is 0 Å². The second-order valence-corrected chi connectivity index (χ2v) is 4.97. The Kier molecular flexibility index (Phi) is 4.06. The van der Waals surface area contributed by atoms with Crippen LogP contribution in [0.4, 0.5) is 0 Å². The van der Waals surface area contributed by atoms with Crippen LogP contribution < -0.4 is 5.32 Å². The van der Waals surface area contributed by atoms with Gasteiger partial charge in [-0.15, -0.1) is 0 Å². The minimum absolute atomic E-state index is 0.0485. The van der Waals surface area contributed by atoms with Crippen LogP contribution in [-0.2, 0) is 6.54 Å². The van der Waals surface area contributed by atoms with E-state index < -0.39 is 5.97 Å². The van der Waals surface area contributed by atoms with Gasteiger partial charge in [0, 0.05) is 6.07 Å². The Balaban J connectivity index is 2.30. The highest BCUT2D eigenvalue weighted by Crippen LogP contribution is 2.17. The van der Waals surface area contributed by atoms with Gasteiger partial charge in [-0.05, 0) is 18.4 Å². The molecule has 0 radical (unpaired) electrons. The first-order valence-electron chi connectivity index (χ1n) is 5.28. The maximum Gasteiger partial charge on any atom is 0.358 e. The van der Waals surface area contributed by atoms with E-state index in [-0.39, 0.29) is 5.69 Å². The summed E-state index contributed by atoms with van der Waals surface area (Å²) in [6.45, 7) is 7.89. The van der Waals surface area contributed by atoms with E-state index in [0.29, 0.717) is 17.7 Å². The van der Waals surface area contributed by atoms with Crippen molar-refractivity contribution in [2.75, 3.05) is 6.54 Å². The molecule has 0 aromatic carbocycles. The van der Waals surface area contributed by atoms with Gasteiger partial charge in [0.25, 0.3) is 0 Å². The van der Waals surface area contributed by atoms with E-state index in [0.717, 1.165) is 13.0 Å². The van der Waals surface area contributed by atoms with Crippen molar-refractivity contribution >= 4 is 5.97 Å². The summed E-state index contributed by atoms with van der Waals surface area (Å²) in [5, 5.41) is 15.2. The number of carboxylic acid groups (broad SMARTS) is 1. The maximum absolute atomic E-state index is 10.5. The Morgan fingerprint density at radius 2 is 2.25 bits per heavy atom. The van der Waals surface area contributed by atoms with Crippen LogP contribution >= 0.6 is 0 Å². The molecule has 0 bridgehead atoms. The normalized spacial score (nSPS) is 11.7. The van der Waals surface area contributed by atoms with Crippen molar-refractivity contribution < 1.29 is 14.4 Å². The summed E-state index contributed by atoms with van der Waals surface area (Å²) >= 11 is 0. The SMILES string of the molecule is CC(C)(C)CCNCc1cc(C(=O)O)no1. The van der Waals surface area contributed by atoms with Gasteiger partial charge in [0.1, 0.15) is 0 Å². The van der Waals surface area contributed by atoms with E-state index in [4.69, 9.17) is 9.63 Å².